The Hall–Kier alpha value is -3.07. The average Bonchev–Trinajstić information content (AvgIpc) is 2.76. The van der Waals surface area contributed by atoms with Gasteiger partial charge in [-0.15, -0.1) is 0 Å². The summed E-state index contributed by atoms with van der Waals surface area (Å²) >= 11 is 0. The molecule has 8 nitrogen and oxygen atoms in total. The first-order chi connectivity index (χ1) is 15.3. The van der Waals surface area contributed by atoms with Crippen LogP contribution in [0.1, 0.15) is 39.3 Å². The molecule has 0 bridgehead atoms. The molecular weight excluding hydrogens is 411 g/mol. The molecule has 1 saturated heterocycles. The van der Waals surface area contributed by atoms with Gasteiger partial charge < -0.3 is 20.7 Å². The minimum Gasteiger partial charge on any atom is -0.489 e. The number of aromatic nitrogens is 2. The third kappa shape index (κ3) is 6.46. The van der Waals surface area contributed by atoms with Crippen molar-refractivity contribution in [1.29, 1.82) is 0 Å². The van der Waals surface area contributed by atoms with Crippen LogP contribution >= 0.6 is 0 Å². The van der Waals surface area contributed by atoms with E-state index in [0.717, 1.165) is 25.9 Å². The quantitative estimate of drug-likeness (QED) is 0.540. The third-order valence-electron chi connectivity index (χ3n) is 5.18. The number of benzene rings is 1. The number of aryl methyl sites for hydroxylation is 1. The van der Waals surface area contributed by atoms with E-state index in [-0.39, 0.29) is 12.0 Å². The molecule has 0 spiro atoms. The van der Waals surface area contributed by atoms with Crippen molar-refractivity contribution in [3.05, 3.63) is 36.0 Å². The highest BCUT2D eigenvalue weighted by atomic mass is 19.1. The lowest BCUT2D eigenvalue weighted by atomic mass is 9.98. The van der Waals surface area contributed by atoms with Gasteiger partial charge in [-0.1, -0.05) is 0 Å². The van der Waals surface area contributed by atoms with Crippen molar-refractivity contribution in [2.24, 2.45) is 10.9 Å². The monoisotopic (exact) mass is 442 g/mol. The molecule has 1 aromatic heterocycles. The molecule has 1 aliphatic rings. The molecular formula is C23H31FN6O2. The minimum atomic E-state index is -0.399. The van der Waals surface area contributed by atoms with Crippen LogP contribution in [0.5, 0.6) is 5.75 Å². The van der Waals surface area contributed by atoms with Gasteiger partial charge in [0, 0.05) is 12.6 Å². The summed E-state index contributed by atoms with van der Waals surface area (Å²) in [4.78, 5) is 25.6. The Labute approximate surface area is 188 Å². The summed E-state index contributed by atoms with van der Waals surface area (Å²) in [7, 11) is 0. The molecule has 32 heavy (non-hydrogen) atoms. The van der Waals surface area contributed by atoms with Gasteiger partial charge in [-0.25, -0.2) is 19.4 Å². The average molecular weight is 443 g/mol. The van der Waals surface area contributed by atoms with Crippen molar-refractivity contribution in [3.63, 3.8) is 0 Å². The van der Waals surface area contributed by atoms with Crippen molar-refractivity contribution >= 4 is 28.8 Å². The summed E-state index contributed by atoms with van der Waals surface area (Å²) in [6.07, 6.45) is 3.38. The largest absolute Gasteiger partial charge is 0.489 e. The lowest BCUT2D eigenvalue weighted by molar-refractivity contribution is -0.115. The van der Waals surface area contributed by atoms with Gasteiger partial charge in [-0.05, 0) is 71.7 Å². The van der Waals surface area contributed by atoms with Crippen LogP contribution in [-0.2, 0) is 4.79 Å². The topological polar surface area (TPSA) is 101 Å². The van der Waals surface area contributed by atoms with Crippen molar-refractivity contribution in [3.8, 4) is 5.75 Å². The van der Waals surface area contributed by atoms with E-state index in [1.54, 1.807) is 19.9 Å². The molecule has 172 valence electrons. The van der Waals surface area contributed by atoms with E-state index in [2.05, 4.69) is 30.9 Å². The molecule has 0 radical (unpaired) electrons. The summed E-state index contributed by atoms with van der Waals surface area (Å²) in [5.41, 5.74) is 1.92. The van der Waals surface area contributed by atoms with Crippen molar-refractivity contribution < 1.29 is 13.9 Å². The first-order valence-electron chi connectivity index (χ1n) is 10.9. The molecule has 2 aromatic rings. The van der Waals surface area contributed by atoms with Crippen LogP contribution in [0.2, 0.25) is 0 Å². The van der Waals surface area contributed by atoms with Crippen molar-refractivity contribution in [2.45, 2.75) is 46.6 Å². The van der Waals surface area contributed by atoms with Gasteiger partial charge in [0.05, 0.1) is 17.5 Å². The van der Waals surface area contributed by atoms with Crippen LogP contribution in [0.4, 0.5) is 21.6 Å². The number of amides is 1. The number of piperidine rings is 1. The molecule has 2 heterocycles. The number of nitrogens with one attached hydrogen (secondary N) is 3. The van der Waals surface area contributed by atoms with Gasteiger partial charge in [-0.2, -0.15) is 0 Å². The Morgan fingerprint density at radius 2 is 2.06 bits per heavy atom. The fraction of sp³-hybridized carbons (Fsp3) is 0.478. The van der Waals surface area contributed by atoms with Crippen LogP contribution in [-0.4, -0.2) is 47.3 Å². The van der Waals surface area contributed by atoms with Gasteiger partial charge in [0.25, 0.3) is 5.91 Å². The predicted octanol–water partition coefficient (Wildman–Crippen LogP) is 3.66. The van der Waals surface area contributed by atoms with Gasteiger partial charge in [0.15, 0.2) is 5.82 Å². The number of anilines is 2. The van der Waals surface area contributed by atoms with E-state index in [1.807, 2.05) is 13.8 Å². The van der Waals surface area contributed by atoms with Crippen LogP contribution in [0.3, 0.4) is 0 Å². The number of hydrogen-bond donors (Lipinski definition) is 3. The van der Waals surface area contributed by atoms with Crippen LogP contribution in [0, 0.1) is 18.7 Å². The highest BCUT2D eigenvalue weighted by molar-refractivity contribution is 6.38. The molecule has 0 aliphatic carbocycles. The minimum absolute atomic E-state index is 0.132. The third-order valence-corrected chi connectivity index (χ3v) is 5.18. The maximum atomic E-state index is 13.7. The zero-order valence-electron chi connectivity index (χ0n) is 19.0. The van der Waals surface area contributed by atoms with Gasteiger partial charge >= 0.3 is 0 Å². The summed E-state index contributed by atoms with van der Waals surface area (Å²) in [5.74, 6) is 0.628. The molecule has 3 N–H and O–H groups in total. The van der Waals surface area contributed by atoms with E-state index in [0.29, 0.717) is 46.8 Å². The number of ether oxygens (including phenoxy) is 1. The Balaban J connectivity index is 1.79. The Kier molecular flexibility index (Phi) is 8.10. The molecule has 1 fully saturated rings. The van der Waals surface area contributed by atoms with E-state index in [9.17, 15) is 9.18 Å². The van der Waals surface area contributed by atoms with E-state index in [4.69, 9.17) is 4.74 Å². The van der Waals surface area contributed by atoms with Gasteiger partial charge in [0.2, 0.25) is 0 Å². The van der Waals surface area contributed by atoms with E-state index < -0.39 is 5.82 Å². The second-order valence-corrected chi connectivity index (χ2v) is 8.19. The number of carbonyl (C=O) groups is 1. The summed E-state index contributed by atoms with van der Waals surface area (Å²) < 4.78 is 19.5. The molecule has 9 heteroatoms. The lowest BCUT2D eigenvalue weighted by Gasteiger charge is -2.22. The second kappa shape index (κ2) is 11.0. The summed E-state index contributed by atoms with van der Waals surface area (Å²) in [6.45, 7) is 9.79. The summed E-state index contributed by atoms with van der Waals surface area (Å²) in [5, 5.41) is 9.45. The fourth-order valence-electron chi connectivity index (χ4n) is 3.44. The van der Waals surface area contributed by atoms with Crippen molar-refractivity contribution in [2.75, 3.05) is 25.0 Å². The van der Waals surface area contributed by atoms with Gasteiger partial charge in [0.1, 0.15) is 29.3 Å². The number of halogens is 1. The molecule has 1 amide bonds. The van der Waals surface area contributed by atoms with E-state index >= 15 is 0 Å². The zero-order valence-corrected chi connectivity index (χ0v) is 19.0. The van der Waals surface area contributed by atoms with E-state index in [1.165, 1.54) is 18.5 Å². The highest BCUT2D eigenvalue weighted by Gasteiger charge is 2.17. The Morgan fingerprint density at radius 1 is 1.31 bits per heavy atom. The standard InChI is InChI=1S/C23H31FN6O2/c1-14(2)32-20-11-18(24)5-6-19(20)30-22-21(15(3)27-13-28-22)29-16(4)23(31)26-12-17-7-9-25-10-8-17/h5-6,11,13-14,17,25H,7-10,12H2,1-4H3,(H,26,31)(H,27,28,30). The molecule has 1 aromatic carbocycles. The number of nitrogens with zero attached hydrogens (tertiary/aromatic N) is 3. The number of carbonyl (C=O) groups excluding carboxylic acids is 1. The maximum Gasteiger partial charge on any atom is 0.265 e. The molecule has 0 atom stereocenters. The molecule has 0 saturated carbocycles. The first-order valence-corrected chi connectivity index (χ1v) is 10.9. The predicted molar refractivity (Wildman–Crippen MR) is 124 cm³/mol. The summed E-state index contributed by atoms with van der Waals surface area (Å²) in [6, 6.07) is 4.24. The zero-order chi connectivity index (χ0) is 23.1. The lowest BCUT2D eigenvalue weighted by Crippen LogP contribution is -2.38. The Morgan fingerprint density at radius 3 is 2.78 bits per heavy atom. The van der Waals surface area contributed by atoms with Crippen LogP contribution < -0.4 is 20.7 Å². The van der Waals surface area contributed by atoms with Gasteiger partial charge in [-0.3, -0.25) is 4.79 Å². The molecule has 1 aliphatic heterocycles. The normalized spacial score (nSPS) is 15.0. The maximum absolute atomic E-state index is 13.7. The smallest absolute Gasteiger partial charge is 0.265 e. The number of hydrogen-bond acceptors (Lipinski definition) is 7. The SMILES string of the molecule is CC(=Nc1c(C)ncnc1Nc1ccc(F)cc1OC(C)C)C(=O)NCC1CCNCC1. The number of aliphatic imine (C=N–C) groups is 1. The first kappa shape index (κ1) is 23.6. The van der Waals surface area contributed by atoms with Crippen LogP contribution in [0.15, 0.2) is 29.5 Å². The molecule has 3 rings (SSSR count). The second-order valence-electron chi connectivity index (χ2n) is 8.19. The Bertz CT molecular complexity index is 973. The highest BCUT2D eigenvalue weighted by Crippen LogP contribution is 2.33. The molecule has 0 unspecified atom stereocenters. The fourth-order valence-corrected chi connectivity index (χ4v) is 3.44. The number of rotatable bonds is 8. The van der Waals surface area contributed by atoms with Crippen LogP contribution in [0.25, 0.3) is 0 Å². The van der Waals surface area contributed by atoms with Crippen molar-refractivity contribution in [1.82, 2.24) is 20.6 Å².